The van der Waals surface area contributed by atoms with Crippen LogP contribution in [0, 0.1) is 46.5 Å². The third-order valence-electron chi connectivity index (χ3n) is 18.6. The van der Waals surface area contributed by atoms with Crippen molar-refractivity contribution in [2.24, 2.45) is 0 Å². The van der Waals surface area contributed by atoms with Crippen LogP contribution >= 0.6 is 23.2 Å². The fourth-order valence-corrected chi connectivity index (χ4v) is 15.4. The van der Waals surface area contributed by atoms with Gasteiger partial charge in [0.1, 0.15) is 12.3 Å². The summed E-state index contributed by atoms with van der Waals surface area (Å²) in [7, 11) is 0. The Balaban J connectivity index is 0.000000157. The average molecular weight is 1470 g/mol. The van der Waals surface area contributed by atoms with E-state index >= 15 is 0 Å². The number of alkyl halides is 2. The molecule has 93 heavy (non-hydrogen) atoms. The van der Waals surface area contributed by atoms with Gasteiger partial charge in [0.05, 0.1) is 5.34 Å². The van der Waals surface area contributed by atoms with Crippen molar-refractivity contribution in [2.75, 3.05) is 5.34 Å². The van der Waals surface area contributed by atoms with Gasteiger partial charge in [-0.2, -0.15) is 43.7 Å². The van der Waals surface area contributed by atoms with E-state index in [1.54, 1.807) is 65.8 Å². The molecule has 0 atom stereocenters. The summed E-state index contributed by atoms with van der Waals surface area (Å²) in [5, 5.41) is 0.194. The zero-order valence-corrected chi connectivity index (χ0v) is 56.7. The molecule has 0 amide bonds. The van der Waals surface area contributed by atoms with E-state index in [-0.39, 0.29) is 66.5 Å². The summed E-state index contributed by atoms with van der Waals surface area (Å²) in [5.74, 6) is -13.0. The molecule has 0 saturated carbocycles. The zero-order chi connectivity index (χ0) is 64.8. The van der Waals surface area contributed by atoms with Gasteiger partial charge in [0.15, 0.2) is 46.5 Å². The van der Waals surface area contributed by atoms with Crippen molar-refractivity contribution in [3.63, 3.8) is 0 Å². The van der Waals surface area contributed by atoms with Gasteiger partial charge in [-0.3, -0.25) is 0 Å². The Hall–Kier alpha value is -7.44. The monoisotopic (exact) mass is 1460 g/mol. The van der Waals surface area contributed by atoms with Crippen LogP contribution in [0.15, 0.2) is 289 Å². The van der Waals surface area contributed by atoms with E-state index in [2.05, 4.69) is 243 Å². The molecule has 16 rings (SSSR count). The number of allylic oxidation sites excluding steroid dienone is 8. The molecular weight excluding hydrogens is 1400 g/mol. The SMILES string of the molecule is CC1=CC2(C)C=C(C)C1c1c(F)c(F)c(F)c(F)c12.CC1=CC2(C)C=C(C)C1c1c(F)c(F)c(F)c(F)c12.ClCCl.[Rh].[Rh].c1ccc([B-](c2ccccc2)(c2ccccc2)c2ccccc2)cc1.c1ccc([B-](c2ccccc2)(c2ccccc2)c2ccccc2)cc1. The molecule has 0 fully saturated rings. The second-order valence-electron chi connectivity index (χ2n) is 24.2. The van der Waals surface area contributed by atoms with Gasteiger partial charge in [0, 0.05) is 83.9 Å². The molecule has 0 spiro atoms. The first-order valence-electron chi connectivity index (χ1n) is 30.2. The first-order chi connectivity index (χ1) is 43.8. The molecule has 2 radical (unpaired) electrons. The normalized spacial score (nSPS) is 17.7. The van der Waals surface area contributed by atoms with Crippen LogP contribution in [0.25, 0.3) is 0 Å². The van der Waals surface area contributed by atoms with Gasteiger partial charge in [-0.1, -0.05) is 289 Å². The summed E-state index contributed by atoms with van der Waals surface area (Å²) < 4.78 is 110. The molecule has 14 heteroatoms. The molecule has 0 saturated heterocycles. The molecule has 0 heterocycles. The van der Waals surface area contributed by atoms with Gasteiger partial charge in [0.25, 0.3) is 0 Å². The van der Waals surface area contributed by atoms with E-state index in [0.29, 0.717) is 0 Å². The molecule has 478 valence electrons. The van der Waals surface area contributed by atoms with Crippen LogP contribution in [0.2, 0.25) is 0 Å². The topological polar surface area (TPSA) is 0 Å². The smallest absolute Gasteiger partial charge is 0.197 e. The second-order valence-corrected chi connectivity index (χ2v) is 25.0. The maximum absolute atomic E-state index is 14.1. The zero-order valence-electron chi connectivity index (χ0n) is 51.9. The summed E-state index contributed by atoms with van der Waals surface area (Å²) >= 11 is 9.53. The first-order valence-corrected chi connectivity index (χ1v) is 31.3. The third kappa shape index (κ3) is 13.2. The predicted octanol–water partition coefficient (Wildman–Crippen LogP) is 16.6. The summed E-state index contributed by atoms with van der Waals surface area (Å²) in [5.41, 5.74) is 11.9. The molecule has 0 unspecified atom stereocenters. The number of hydrogen-bond acceptors (Lipinski definition) is 0. The van der Waals surface area contributed by atoms with Crippen LogP contribution < -0.4 is 43.7 Å². The van der Waals surface area contributed by atoms with E-state index in [4.69, 9.17) is 23.2 Å². The molecule has 0 N–H and O–H groups in total. The van der Waals surface area contributed by atoms with E-state index < -0.39 is 81.5 Å². The minimum absolute atomic E-state index is 0. The van der Waals surface area contributed by atoms with E-state index in [9.17, 15) is 35.1 Å². The van der Waals surface area contributed by atoms with E-state index in [1.807, 2.05) is 0 Å². The van der Waals surface area contributed by atoms with Gasteiger partial charge in [0.2, 0.25) is 0 Å². The minimum Gasteiger partial charge on any atom is -0.203 e. The minimum atomic E-state index is -1.73. The number of rotatable bonds is 8. The summed E-state index contributed by atoms with van der Waals surface area (Å²) in [6.07, 6.45) is 4.71. The van der Waals surface area contributed by atoms with Crippen LogP contribution in [-0.2, 0) is 49.8 Å². The Bertz CT molecular complexity index is 3690. The molecule has 4 bridgehead atoms. The van der Waals surface area contributed by atoms with Crippen LogP contribution in [0.5, 0.6) is 0 Å². The van der Waals surface area contributed by atoms with Crippen molar-refractivity contribution < 1.29 is 74.1 Å². The Morgan fingerprint density at radius 2 is 0.430 bits per heavy atom. The Labute approximate surface area is 576 Å². The van der Waals surface area contributed by atoms with Crippen LogP contribution in [0.4, 0.5) is 35.1 Å². The quantitative estimate of drug-likeness (QED) is 0.0355. The van der Waals surface area contributed by atoms with E-state index in [0.717, 1.165) is 22.3 Å². The fourth-order valence-electron chi connectivity index (χ4n) is 15.4. The van der Waals surface area contributed by atoms with Crippen molar-refractivity contribution in [3.05, 3.63) is 358 Å². The summed E-state index contributed by atoms with van der Waals surface area (Å²) in [6, 6.07) is 87.1. The Morgan fingerprint density at radius 3 is 0.591 bits per heavy atom. The van der Waals surface area contributed by atoms with Crippen molar-refractivity contribution >= 4 is 79.2 Å². The first kappa shape index (κ1) is 71.4. The van der Waals surface area contributed by atoms with Crippen molar-refractivity contribution in [3.8, 4) is 0 Å². The van der Waals surface area contributed by atoms with Gasteiger partial charge in [-0.05, 0) is 41.5 Å². The second kappa shape index (κ2) is 30.3. The van der Waals surface area contributed by atoms with Crippen molar-refractivity contribution in [1.29, 1.82) is 0 Å². The maximum Gasteiger partial charge on any atom is 0.197 e. The van der Waals surface area contributed by atoms with Crippen LogP contribution in [-0.4, -0.2) is 17.6 Å². The number of hydrogen-bond donors (Lipinski definition) is 0. The average Bonchev–Trinajstić information content (AvgIpc) is 0.725. The van der Waals surface area contributed by atoms with Gasteiger partial charge in [-0.25, -0.2) is 35.1 Å². The molecule has 6 aliphatic carbocycles. The van der Waals surface area contributed by atoms with Crippen LogP contribution in [0.1, 0.15) is 75.6 Å². The molecule has 10 aromatic rings. The Kier molecular flexibility index (Phi) is 23.3. The van der Waals surface area contributed by atoms with Gasteiger partial charge < -0.3 is 0 Å². The van der Waals surface area contributed by atoms with Crippen molar-refractivity contribution in [1.82, 2.24) is 0 Å². The molecule has 0 aromatic heterocycles. The summed E-state index contributed by atoms with van der Waals surface area (Å²) in [6.45, 7) is 10.5. The number of benzene rings is 10. The van der Waals surface area contributed by atoms with Crippen molar-refractivity contribution in [2.45, 2.75) is 64.2 Å². The Morgan fingerprint density at radius 1 is 0.280 bits per heavy atom. The molecule has 0 nitrogen and oxygen atoms in total. The predicted molar refractivity (Wildman–Crippen MR) is 364 cm³/mol. The van der Waals surface area contributed by atoms with Gasteiger partial charge in [-0.15, -0.1) is 23.2 Å². The number of halogens is 10. The third-order valence-corrected chi connectivity index (χ3v) is 18.6. The standard InChI is InChI=1S/2C24H20B.2C15H12F4.CH2Cl2.2Rh/c2*1-5-13-21(14-6-1)25(22-15-7-2-8-16-22,23-17-9-3-10-18-23)24-19-11-4-12-20-24;2*1-6-4-15(3)5-7(2)8(6)9-10(15)12(17)14(19)13(18)11(9)16;2-1-3;;/h2*1-20H;2*4-5,8H,1-3H3;1H2;;/q2*-1;;;;;. The largest absolute Gasteiger partial charge is 0.203 e. The fraction of sp³-hybridized carbons (Fsp3) is 0.139. The summed E-state index contributed by atoms with van der Waals surface area (Å²) in [4.78, 5) is 0. The molecule has 10 aromatic carbocycles. The van der Waals surface area contributed by atoms with E-state index in [1.165, 1.54) is 43.7 Å². The molecular formula is C79H66B2Cl2F8Rh2-2. The molecule has 0 aliphatic heterocycles. The van der Waals surface area contributed by atoms with Gasteiger partial charge >= 0.3 is 0 Å². The molecule has 6 aliphatic rings. The van der Waals surface area contributed by atoms with Crippen LogP contribution in [0.3, 0.4) is 0 Å². The maximum atomic E-state index is 14.1.